The zero-order valence-electron chi connectivity index (χ0n) is 18.9. The smallest absolute Gasteiger partial charge is 0.254 e. The third-order valence-corrected chi connectivity index (χ3v) is 7.05. The van der Waals surface area contributed by atoms with E-state index in [-0.39, 0.29) is 37.3 Å². The summed E-state index contributed by atoms with van der Waals surface area (Å²) >= 11 is 0. The lowest BCUT2D eigenvalue weighted by Gasteiger charge is -2.42. The van der Waals surface area contributed by atoms with E-state index in [9.17, 15) is 18.0 Å². The Morgan fingerprint density at radius 3 is 2.79 bits per heavy atom. The predicted molar refractivity (Wildman–Crippen MR) is 119 cm³/mol. The quantitative estimate of drug-likeness (QED) is 0.670. The number of nitrogens with one attached hydrogen (secondary N) is 1. The van der Waals surface area contributed by atoms with E-state index in [0.29, 0.717) is 48.6 Å². The van der Waals surface area contributed by atoms with Gasteiger partial charge in [-0.05, 0) is 41.8 Å². The van der Waals surface area contributed by atoms with Crippen LogP contribution >= 0.6 is 0 Å². The van der Waals surface area contributed by atoms with Crippen LogP contribution in [0.5, 0.6) is 5.75 Å². The number of amides is 1. The number of benzene rings is 2. The van der Waals surface area contributed by atoms with Gasteiger partial charge in [0.05, 0.1) is 19.3 Å². The molecule has 1 saturated carbocycles. The molecule has 2 unspecified atom stereocenters. The van der Waals surface area contributed by atoms with Gasteiger partial charge in [0, 0.05) is 37.9 Å². The molecule has 2 aromatic carbocycles. The number of hydrogen-bond acceptors (Lipinski definition) is 5. The zero-order valence-corrected chi connectivity index (χ0v) is 18.9. The average Bonchev–Trinajstić information content (AvgIpc) is 3.25. The molecular weight excluding hydrogens is 449 g/mol. The molecule has 1 amide bonds. The first kappa shape index (κ1) is 23.0. The number of methoxy groups -OCH3 is 1. The highest BCUT2D eigenvalue weighted by Gasteiger charge is 2.51. The van der Waals surface area contributed by atoms with Crippen LogP contribution in [0.3, 0.4) is 0 Å². The van der Waals surface area contributed by atoms with E-state index in [1.54, 1.807) is 29.2 Å². The van der Waals surface area contributed by atoms with E-state index in [1.807, 2.05) is 6.07 Å². The fourth-order valence-corrected chi connectivity index (χ4v) is 5.16. The fourth-order valence-electron chi connectivity index (χ4n) is 5.16. The molecule has 5 rings (SSSR count). The van der Waals surface area contributed by atoms with Crippen molar-refractivity contribution in [2.75, 3.05) is 38.9 Å². The van der Waals surface area contributed by atoms with Crippen LogP contribution < -0.4 is 10.1 Å². The summed E-state index contributed by atoms with van der Waals surface area (Å²) in [7, 11) is 1.50. The summed E-state index contributed by atoms with van der Waals surface area (Å²) in [4.78, 5) is 15.0. The number of fused-ring (bicyclic) bond motifs is 1. The third kappa shape index (κ3) is 4.22. The zero-order chi connectivity index (χ0) is 23.9. The molecule has 2 atom stereocenters. The second-order valence-electron chi connectivity index (χ2n) is 9.24. The molecular formula is C25H27F3N2O4. The van der Waals surface area contributed by atoms with Gasteiger partial charge in [-0.25, -0.2) is 13.2 Å². The first-order valence-corrected chi connectivity index (χ1v) is 11.4. The van der Waals surface area contributed by atoms with Crippen LogP contribution in [0, 0.1) is 11.7 Å². The van der Waals surface area contributed by atoms with Gasteiger partial charge >= 0.3 is 0 Å². The van der Waals surface area contributed by atoms with E-state index in [2.05, 4.69) is 5.32 Å². The Labute approximate surface area is 196 Å². The number of rotatable bonds is 6. The molecule has 3 aliphatic rings. The van der Waals surface area contributed by atoms with E-state index in [4.69, 9.17) is 14.2 Å². The number of hydrogen-bond donors (Lipinski definition) is 1. The highest BCUT2D eigenvalue weighted by molar-refractivity contribution is 5.95. The highest BCUT2D eigenvalue weighted by atomic mass is 19.3. The molecule has 9 heteroatoms. The predicted octanol–water partition coefficient (Wildman–Crippen LogP) is 4.41. The maximum atomic E-state index is 13.9. The summed E-state index contributed by atoms with van der Waals surface area (Å²) in [5.74, 6) is -2.68. The molecule has 0 spiro atoms. The minimum atomic E-state index is -2.55. The molecule has 182 valence electrons. The third-order valence-electron chi connectivity index (χ3n) is 7.05. The monoisotopic (exact) mass is 476 g/mol. The molecule has 2 saturated heterocycles. The summed E-state index contributed by atoms with van der Waals surface area (Å²) in [6.45, 7) is 1.25. The van der Waals surface area contributed by atoms with Crippen LogP contribution in [-0.4, -0.2) is 56.4 Å². The Bertz CT molecular complexity index is 1070. The molecule has 2 aliphatic heterocycles. The van der Waals surface area contributed by atoms with Gasteiger partial charge in [-0.15, -0.1) is 0 Å². The summed E-state index contributed by atoms with van der Waals surface area (Å²) < 4.78 is 57.2. The molecule has 2 heterocycles. The van der Waals surface area contributed by atoms with Crippen molar-refractivity contribution in [1.82, 2.24) is 4.90 Å². The maximum Gasteiger partial charge on any atom is 0.254 e. The van der Waals surface area contributed by atoms with Crippen LogP contribution in [0.15, 0.2) is 42.5 Å². The standard InChI is InChI=1S/C25H27F3N2O4/c1-32-21-9-17(5-6-20(21)29-13-16-11-24(27,28)12-16)23(31)30-8-7-25(22(14-30)33-15-34-25)18-3-2-4-19(26)10-18/h2-6,9-10,16,22,29H,7-8,11-15H2,1H3. The van der Waals surface area contributed by atoms with Crippen LogP contribution in [0.4, 0.5) is 18.9 Å². The second kappa shape index (κ2) is 8.78. The summed E-state index contributed by atoms with van der Waals surface area (Å²) in [6, 6.07) is 11.4. The van der Waals surface area contributed by atoms with Crippen molar-refractivity contribution in [2.45, 2.75) is 36.9 Å². The van der Waals surface area contributed by atoms with Crippen molar-refractivity contribution in [3.05, 3.63) is 59.4 Å². The van der Waals surface area contributed by atoms with Crippen LogP contribution in [0.1, 0.15) is 35.2 Å². The molecule has 0 radical (unpaired) electrons. The lowest BCUT2D eigenvalue weighted by Crippen LogP contribution is -2.53. The maximum absolute atomic E-state index is 13.9. The molecule has 1 N–H and O–H groups in total. The van der Waals surface area contributed by atoms with Crippen LogP contribution in [0.25, 0.3) is 0 Å². The summed E-state index contributed by atoms with van der Waals surface area (Å²) in [6.07, 6.45) is -0.152. The lowest BCUT2D eigenvalue weighted by atomic mass is 9.81. The van der Waals surface area contributed by atoms with E-state index in [1.165, 1.54) is 19.2 Å². The number of piperidine rings is 1. The van der Waals surface area contributed by atoms with Gasteiger partial charge in [-0.1, -0.05) is 12.1 Å². The van der Waals surface area contributed by atoms with Crippen LogP contribution in [0.2, 0.25) is 0 Å². The number of nitrogens with zero attached hydrogens (tertiary/aromatic N) is 1. The number of carbonyl (C=O) groups excluding carboxylic acids is 1. The second-order valence-corrected chi connectivity index (χ2v) is 9.24. The van der Waals surface area contributed by atoms with Crippen molar-refractivity contribution < 1.29 is 32.2 Å². The lowest BCUT2D eigenvalue weighted by molar-refractivity contribution is -0.106. The van der Waals surface area contributed by atoms with Gasteiger partial charge in [0.1, 0.15) is 30.1 Å². The van der Waals surface area contributed by atoms with Gasteiger partial charge < -0.3 is 24.4 Å². The van der Waals surface area contributed by atoms with Crippen molar-refractivity contribution in [3.63, 3.8) is 0 Å². The average molecular weight is 476 g/mol. The van der Waals surface area contributed by atoms with Crippen molar-refractivity contribution in [2.24, 2.45) is 5.92 Å². The Hall–Kier alpha value is -2.78. The molecule has 1 aliphatic carbocycles. The first-order valence-electron chi connectivity index (χ1n) is 11.4. The van der Waals surface area contributed by atoms with Crippen LogP contribution in [-0.2, 0) is 15.1 Å². The Morgan fingerprint density at radius 1 is 1.24 bits per heavy atom. The summed E-state index contributed by atoms with van der Waals surface area (Å²) in [5, 5.41) is 3.16. The molecule has 6 nitrogen and oxygen atoms in total. The largest absolute Gasteiger partial charge is 0.495 e. The Morgan fingerprint density at radius 2 is 2.06 bits per heavy atom. The van der Waals surface area contributed by atoms with Crippen molar-refractivity contribution in [3.8, 4) is 5.75 Å². The molecule has 0 bridgehead atoms. The van der Waals surface area contributed by atoms with Crippen molar-refractivity contribution in [1.29, 1.82) is 0 Å². The molecule has 2 aromatic rings. The topological polar surface area (TPSA) is 60.0 Å². The SMILES string of the molecule is COc1cc(C(=O)N2CCC3(c4cccc(F)c4)OCOC3C2)ccc1NCC1CC(F)(F)C1. The summed E-state index contributed by atoms with van der Waals surface area (Å²) in [5.41, 5.74) is 1.05. The van der Waals surface area contributed by atoms with E-state index in [0.717, 1.165) is 0 Å². The molecule has 0 aromatic heterocycles. The van der Waals surface area contributed by atoms with Gasteiger partial charge in [-0.2, -0.15) is 0 Å². The van der Waals surface area contributed by atoms with Gasteiger partial charge in [0.15, 0.2) is 0 Å². The normalized spacial score (nSPS) is 26.0. The van der Waals surface area contributed by atoms with Gasteiger partial charge in [-0.3, -0.25) is 4.79 Å². The number of anilines is 1. The number of ether oxygens (including phenoxy) is 3. The number of halogens is 3. The van der Waals surface area contributed by atoms with E-state index >= 15 is 0 Å². The number of alkyl halides is 2. The molecule has 34 heavy (non-hydrogen) atoms. The Balaban J connectivity index is 1.27. The first-order chi connectivity index (χ1) is 16.3. The number of carbonyl (C=O) groups is 1. The minimum Gasteiger partial charge on any atom is -0.495 e. The molecule has 3 fully saturated rings. The van der Waals surface area contributed by atoms with Gasteiger partial charge in [0.2, 0.25) is 5.92 Å². The minimum absolute atomic E-state index is 0.0821. The fraction of sp³-hybridized carbons (Fsp3) is 0.480. The van der Waals surface area contributed by atoms with E-state index < -0.39 is 17.6 Å². The number of likely N-dealkylation sites (tertiary alicyclic amines) is 1. The van der Waals surface area contributed by atoms with Gasteiger partial charge in [0.25, 0.3) is 5.91 Å². The van der Waals surface area contributed by atoms with Crippen molar-refractivity contribution >= 4 is 11.6 Å². The highest BCUT2D eigenvalue weighted by Crippen LogP contribution is 2.44. The Kier molecular flexibility index (Phi) is 5.93.